The van der Waals surface area contributed by atoms with Gasteiger partial charge in [-0.15, -0.1) is 0 Å². The third-order valence-corrected chi connectivity index (χ3v) is 5.87. The summed E-state index contributed by atoms with van der Waals surface area (Å²) in [6.07, 6.45) is 1.27. The first-order valence-electron chi connectivity index (χ1n) is 11.4. The topological polar surface area (TPSA) is 99.6 Å². The zero-order chi connectivity index (χ0) is 26.6. The average Bonchev–Trinajstić information content (AvgIpc) is 2.93. The number of aromatic nitrogens is 2. The lowest BCUT2D eigenvalue weighted by atomic mass is 10.1. The van der Waals surface area contributed by atoms with Gasteiger partial charge in [-0.2, -0.15) is 9.78 Å². The van der Waals surface area contributed by atoms with Crippen molar-refractivity contribution in [2.75, 3.05) is 0 Å². The van der Waals surface area contributed by atoms with E-state index in [2.05, 4.69) is 10.1 Å². The predicted molar refractivity (Wildman–Crippen MR) is 143 cm³/mol. The van der Waals surface area contributed by atoms with Gasteiger partial charge in [0, 0.05) is 22.2 Å². The van der Waals surface area contributed by atoms with Crippen LogP contribution in [0.3, 0.4) is 0 Å². The number of nitro groups is 1. The first-order chi connectivity index (χ1) is 18.4. The first-order valence-corrected chi connectivity index (χ1v) is 11.8. The van der Waals surface area contributed by atoms with E-state index < -0.39 is 16.3 Å². The van der Waals surface area contributed by atoms with Crippen molar-refractivity contribution in [2.45, 2.75) is 6.61 Å². The molecule has 0 radical (unpaired) electrons. The highest BCUT2D eigenvalue weighted by Crippen LogP contribution is 2.34. The summed E-state index contributed by atoms with van der Waals surface area (Å²) in [5.74, 6) is -0.228. The molecule has 0 aliphatic rings. The average molecular weight is 529 g/mol. The standard InChI is InChI=1S/C28H18ClFN4O4/c29-21-14-20(26(25(15-21)34(36)37)38-17-18-10-12-22(30)13-11-18)16-31-33-27(19-6-2-1-3-7-19)32-24-9-5-4-8-23(24)28(33)35/h1-16H,17H2. The van der Waals surface area contributed by atoms with Crippen LogP contribution < -0.4 is 10.3 Å². The molecule has 0 amide bonds. The van der Waals surface area contributed by atoms with E-state index >= 15 is 0 Å². The highest BCUT2D eigenvalue weighted by molar-refractivity contribution is 6.31. The maximum Gasteiger partial charge on any atom is 0.313 e. The smallest absolute Gasteiger partial charge is 0.313 e. The second kappa shape index (κ2) is 10.6. The molecule has 0 aliphatic carbocycles. The lowest BCUT2D eigenvalue weighted by Crippen LogP contribution is -2.20. The van der Waals surface area contributed by atoms with E-state index in [0.717, 1.165) is 10.7 Å². The fourth-order valence-corrected chi connectivity index (χ4v) is 4.07. The molecule has 188 valence electrons. The van der Waals surface area contributed by atoms with Gasteiger partial charge in [0.1, 0.15) is 12.4 Å². The van der Waals surface area contributed by atoms with Gasteiger partial charge in [-0.05, 0) is 35.9 Å². The number of ether oxygens (including phenoxy) is 1. The van der Waals surface area contributed by atoms with Gasteiger partial charge < -0.3 is 4.74 Å². The third-order valence-electron chi connectivity index (χ3n) is 5.65. The SMILES string of the molecule is O=c1c2ccccc2nc(-c2ccccc2)n1N=Cc1cc(Cl)cc([N+](=O)[O-])c1OCc1ccc(F)cc1. The van der Waals surface area contributed by atoms with Crippen LogP contribution in [0.1, 0.15) is 11.1 Å². The minimum absolute atomic E-state index is 0.0731. The summed E-state index contributed by atoms with van der Waals surface area (Å²) < 4.78 is 20.2. The highest BCUT2D eigenvalue weighted by Gasteiger charge is 2.21. The molecular weight excluding hydrogens is 511 g/mol. The summed E-state index contributed by atoms with van der Waals surface area (Å²) in [5.41, 5.74) is 1.12. The number of hydrogen-bond donors (Lipinski definition) is 0. The van der Waals surface area contributed by atoms with Gasteiger partial charge in [0.25, 0.3) is 5.56 Å². The van der Waals surface area contributed by atoms with Gasteiger partial charge >= 0.3 is 5.69 Å². The van der Waals surface area contributed by atoms with Crippen LogP contribution in [-0.2, 0) is 6.61 Å². The van der Waals surface area contributed by atoms with Crippen LogP contribution in [0, 0.1) is 15.9 Å². The van der Waals surface area contributed by atoms with Crippen LogP contribution in [0.2, 0.25) is 5.02 Å². The highest BCUT2D eigenvalue weighted by atomic mass is 35.5. The maximum absolute atomic E-state index is 13.4. The molecule has 0 fully saturated rings. The van der Waals surface area contributed by atoms with Gasteiger partial charge in [-0.3, -0.25) is 14.9 Å². The summed E-state index contributed by atoms with van der Waals surface area (Å²) in [4.78, 5) is 29.2. The Kier molecular flexibility index (Phi) is 6.92. The molecule has 1 heterocycles. The molecule has 0 bridgehead atoms. The second-order valence-electron chi connectivity index (χ2n) is 8.20. The molecule has 8 nitrogen and oxygen atoms in total. The Labute approximate surface area is 220 Å². The molecule has 1 aromatic heterocycles. The zero-order valence-electron chi connectivity index (χ0n) is 19.6. The molecule has 38 heavy (non-hydrogen) atoms. The number of benzene rings is 4. The number of rotatable bonds is 7. The number of halogens is 2. The van der Waals surface area contributed by atoms with E-state index in [1.807, 2.05) is 18.2 Å². The Hall–Kier alpha value is -4.89. The summed E-state index contributed by atoms with van der Waals surface area (Å²) in [6, 6.07) is 24.1. The van der Waals surface area contributed by atoms with Crippen molar-refractivity contribution in [1.29, 1.82) is 0 Å². The molecule has 0 saturated heterocycles. The lowest BCUT2D eigenvalue weighted by Gasteiger charge is -2.12. The molecule has 0 unspecified atom stereocenters. The van der Waals surface area contributed by atoms with Gasteiger partial charge in [0.2, 0.25) is 5.75 Å². The second-order valence-corrected chi connectivity index (χ2v) is 8.63. The number of nitrogens with zero attached hydrogens (tertiary/aromatic N) is 4. The number of nitro benzene ring substituents is 1. The third kappa shape index (κ3) is 5.14. The summed E-state index contributed by atoms with van der Waals surface area (Å²) >= 11 is 6.17. The van der Waals surface area contributed by atoms with E-state index in [1.165, 1.54) is 36.5 Å². The Morgan fingerprint density at radius 1 is 1.03 bits per heavy atom. The van der Waals surface area contributed by atoms with Crippen LogP contribution in [-0.4, -0.2) is 20.8 Å². The Bertz CT molecular complexity index is 1740. The van der Waals surface area contributed by atoms with Crippen LogP contribution in [0.25, 0.3) is 22.3 Å². The number of para-hydroxylation sites is 1. The Morgan fingerprint density at radius 2 is 1.74 bits per heavy atom. The van der Waals surface area contributed by atoms with Crippen molar-refractivity contribution >= 4 is 34.4 Å². The van der Waals surface area contributed by atoms with Gasteiger partial charge in [0.15, 0.2) is 5.82 Å². The molecule has 0 spiro atoms. The minimum atomic E-state index is -0.623. The quantitative estimate of drug-likeness (QED) is 0.142. The zero-order valence-corrected chi connectivity index (χ0v) is 20.4. The minimum Gasteiger partial charge on any atom is -0.481 e. The fraction of sp³-hybridized carbons (Fsp3) is 0.0357. The summed E-state index contributed by atoms with van der Waals surface area (Å²) in [7, 11) is 0. The predicted octanol–water partition coefficient (Wildman–Crippen LogP) is 6.23. The van der Waals surface area contributed by atoms with Crippen molar-refractivity contribution in [2.24, 2.45) is 5.10 Å². The Morgan fingerprint density at radius 3 is 2.47 bits per heavy atom. The van der Waals surface area contributed by atoms with E-state index in [0.29, 0.717) is 22.0 Å². The van der Waals surface area contributed by atoms with Crippen LogP contribution in [0.4, 0.5) is 10.1 Å². The van der Waals surface area contributed by atoms with Crippen LogP contribution in [0.15, 0.2) is 101 Å². The van der Waals surface area contributed by atoms with Crippen molar-refractivity contribution in [3.8, 4) is 17.1 Å². The largest absolute Gasteiger partial charge is 0.481 e. The van der Waals surface area contributed by atoms with Crippen molar-refractivity contribution in [1.82, 2.24) is 9.66 Å². The van der Waals surface area contributed by atoms with Gasteiger partial charge in [0.05, 0.1) is 22.0 Å². The van der Waals surface area contributed by atoms with Crippen molar-refractivity contribution in [3.63, 3.8) is 0 Å². The summed E-state index contributed by atoms with van der Waals surface area (Å²) in [5, 5.41) is 16.6. The number of fused-ring (bicyclic) bond motifs is 1. The molecule has 10 heteroatoms. The first kappa shape index (κ1) is 24.8. The van der Waals surface area contributed by atoms with Gasteiger partial charge in [-0.1, -0.05) is 66.2 Å². The van der Waals surface area contributed by atoms with Crippen molar-refractivity contribution in [3.05, 3.63) is 133 Å². The van der Waals surface area contributed by atoms with E-state index in [-0.39, 0.29) is 34.5 Å². The molecule has 0 atom stereocenters. The number of hydrogen-bond acceptors (Lipinski definition) is 6. The summed E-state index contributed by atoms with van der Waals surface area (Å²) in [6.45, 7) is -0.0731. The van der Waals surface area contributed by atoms with E-state index in [9.17, 15) is 19.3 Å². The molecule has 5 rings (SSSR count). The van der Waals surface area contributed by atoms with Crippen LogP contribution in [0.5, 0.6) is 5.75 Å². The molecule has 4 aromatic carbocycles. The molecule has 0 N–H and O–H groups in total. The Balaban J connectivity index is 1.63. The van der Waals surface area contributed by atoms with Gasteiger partial charge in [-0.25, -0.2) is 9.37 Å². The molecular formula is C28H18ClFN4O4. The lowest BCUT2D eigenvalue weighted by molar-refractivity contribution is -0.385. The molecule has 0 aliphatic heterocycles. The van der Waals surface area contributed by atoms with Crippen LogP contribution >= 0.6 is 11.6 Å². The van der Waals surface area contributed by atoms with E-state index in [1.54, 1.807) is 36.4 Å². The van der Waals surface area contributed by atoms with E-state index in [4.69, 9.17) is 16.3 Å². The normalized spacial score (nSPS) is 11.2. The van der Waals surface area contributed by atoms with Crippen molar-refractivity contribution < 1.29 is 14.1 Å². The fourth-order valence-electron chi connectivity index (χ4n) is 3.85. The maximum atomic E-state index is 13.4. The molecule has 5 aromatic rings. The molecule has 0 saturated carbocycles. The monoisotopic (exact) mass is 528 g/mol.